The number of aryl methyl sites for hydroxylation is 1. The minimum absolute atomic E-state index is 0.129. The molecule has 0 unspecified atom stereocenters. The highest BCUT2D eigenvalue weighted by Gasteiger charge is 2.12. The van der Waals surface area contributed by atoms with E-state index in [2.05, 4.69) is 29.3 Å². The second-order valence-electron chi connectivity index (χ2n) is 4.37. The third kappa shape index (κ3) is 3.40. The van der Waals surface area contributed by atoms with Crippen LogP contribution in [0.2, 0.25) is 0 Å². The lowest BCUT2D eigenvalue weighted by Crippen LogP contribution is -1.77. The number of hydrogen-bond donors (Lipinski definition) is 1. The van der Waals surface area contributed by atoms with E-state index in [0.29, 0.717) is 16.7 Å². The molecule has 3 aromatic rings. The molecule has 1 aromatic heterocycles. The molecule has 4 nitrogen and oxygen atoms in total. The van der Waals surface area contributed by atoms with Crippen LogP contribution in [0.25, 0.3) is 11.5 Å². The minimum atomic E-state index is 0.129. The summed E-state index contributed by atoms with van der Waals surface area (Å²) in [5.41, 5.74) is 1.76. The summed E-state index contributed by atoms with van der Waals surface area (Å²) in [6.45, 7) is 2.05. The maximum atomic E-state index is 9.77. The zero-order chi connectivity index (χ0) is 14.7. The largest absolute Gasteiger partial charge is 0.507 e. The monoisotopic (exact) mass is 316 g/mol. The van der Waals surface area contributed by atoms with Crippen LogP contribution < -0.4 is 0 Å². The molecule has 0 aliphatic carbocycles. The third-order valence-corrected chi connectivity index (χ3v) is 4.88. The van der Waals surface area contributed by atoms with Gasteiger partial charge in [-0.25, -0.2) is 0 Å². The van der Waals surface area contributed by atoms with Crippen LogP contribution in [0.1, 0.15) is 5.56 Å². The SMILES string of the molecule is Cc1ccc(SSc2nnc(-c3ccccc3O)o2)cc1. The van der Waals surface area contributed by atoms with E-state index in [0.717, 1.165) is 4.90 Å². The van der Waals surface area contributed by atoms with Gasteiger partial charge in [-0.1, -0.05) is 34.9 Å². The Morgan fingerprint density at radius 1 is 0.952 bits per heavy atom. The molecule has 6 heteroatoms. The lowest BCUT2D eigenvalue weighted by molar-refractivity contribution is 0.453. The van der Waals surface area contributed by atoms with E-state index < -0.39 is 0 Å². The lowest BCUT2D eigenvalue weighted by atomic mass is 10.2. The zero-order valence-corrected chi connectivity index (χ0v) is 12.8. The minimum Gasteiger partial charge on any atom is -0.507 e. The van der Waals surface area contributed by atoms with Gasteiger partial charge in [0.15, 0.2) is 0 Å². The molecule has 2 aromatic carbocycles. The van der Waals surface area contributed by atoms with Crippen LogP contribution in [0.4, 0.5) is 0 Å². The number of phenolic OH excluding ortho intramolecular Hbond substituents is 1. The van der Waals surface area contributed by atoms with Crippen molar-refractivity contribution in [3.05, 3.63) is 54.1 Å². The molecule has 21 heavy (non-hydrogen) atoms. The van der Waals surface area contributed by atoms with Crippen LogP contribution in [0.5, 0.6) is 5.75 Å². The molecule has 0 spiro atoms. The summed E-state index contributed by atoms with van der Waals surface area (Å²) >= 11 is 0. The van der Waals surface area contributed by atoms with Crippen molar-refractivity contribution in [2.24, 2.45) is 0 Å². The topological polar surface area (TPSA) is 59.2 Å². The first-order valence-corrected chi connectivity index (χ1v) is 8.40. The predicted octanol–water partition coefficient (Wildman–Crippen LogP) is 4.55. The Morgan fingerprint density at radius 2 is 1.71 bits per heavy atom. The van der Waals surface area contributed by atoms with E-state index in [-0.39, 0.29) is 5.75 Å². The highest BCUT2D eigenvalue weighted by molar-refractivity contribution is 8.76. The first kappa shape index (κ1) is 14.0. The van der Waals surface area contributed by atoms with Crippen LogP contribution in [0, 0.1) is 6.92 Å². The molecule has 0 radical (unpaired) electrons. The fraction of sp³-hybridized carbons (Fsp3) is 0.0667. The van der Waals surface area contributed by atoms with Crippen LogP contribution >= 0.6 is 21.6 Å². The standard InChI is InChI=1S/C15H12N2O2S2/c1-10-6-8-11(9-7-10)20-21-15-17-16-14(19-15)12-4-2-3-5-13(12)18/h2-9,18H,1H3. The molecule has 1 N–H and O–H groups in total. The molecule has 0 saturated heterocycles. The molecule has 106 valence electrons. The summed E-state index contributed by atoms with van der Waals surface area (Å²) in [5.74, 6) is 0.448. The second-order valence-corrected chi connectivity index (χ2v) is 6.52. The summed E-state index contributed by atoms with van der Waals surface area (Å²) in [6, 6.07) is 15.1. The molecule has 0 saturated carbocycles. The van der Waals surface area contributed by atoms with Gasteiger partial charge in [0.05, 0.1) is 5.56 Å². The number of aromatic nitrogens is 2. The molecular weight excluding hydrogens is 304 g/mol. The van der Waals surface area contributed by atoms with Crippen molar-refractivity contribution in [3.8, 4) is 17.2 Å². The Labute approximate surface area is 130 Å². The molecule has 0 amide bonds. The van der Waals surface area contributed by atoms with Gasteiger partial charge >= 0.3 is 0 Å². The molecule has 0 atom stereocenters. The second kappa shape index (κ2) is 6.24. The number of rotatable bonds is 4. The van der Waals surface area contributed by atoms with Gasteiger partial charge < -0.3 is 9.52 Å². The Balaban J connectivity index is 1.71. The van der Waals surface area contributed by atoms with Gasteiger partial charge in [-0.3, -0.25) is 0 Å². The van der Waals surface area contributed by atoms with Gasteiger partial charge in [0.2, 0.25) is 0 Å². The maximum Gasteiger partial charge on any atom is 0.288 e. The van der Waals surface area contributed by atoms with Crippen molar-refractivity contribution in [2.75, 3.05) is 0 Å². The van der Waals surface area contributed by atoms with Crippen LogP contribution in [-0.2, 0) is 0 Å². The van der Waals surface area contributed by atoms with Crippen molar-refractivity contribution in [2.45, 2.75) is 17.0 Å². The molecule has 3 rings (SSSR count). The summed E-state index contributed by atoms with van der Waals surface area (Å²) < 4.78 is 5.56. The van der Waals surface area contributed by atoms with Gasteiger partial charge in [-0.15, -0.1) is 5.10 Å². The van der Waals surface area contributed by atoms with Crippen LogP contribution in [0.3, 0.4) is 0 Å². The summed E-state index contributed by atoms with van der Waals surface area (Å²) in [6.07, 6.45) is 0. The normalized spacial score (nSPS) is 10.7. The van der Waals surface area contributed by atoms with Gasteiger partial charge in [0, 0.05) is 15.7 Å². The van der Waals surface area contributed by atoms with Gasteiger partial charge in [-0.05, 0) is 42.0 Å². The average molecular weight is 316 g/mol. The van der Waals surface area contributed by atoms with E-state index in [1.165, 1.54) is 16.4 Å². The summed E-state index contributed by atoms with van der Waals surface area (Å²) in [5, 5.41) is 18.2. The third-order valence-electron chi connectivity index (χ3n) is 2.77. The van der Waals surface area contributed by atoms with Crippen molar-refractivity contribution in [3.63, 3.8) is 0 Å². The Hall–Kier alpha value is -1.92. The highest BCUT2D eigenvalue weighted by atomic mass is 33.1. The fourth-order valence-corrected chi connectivity index (χ4v) is 3.32. The Kier molecular flexibility index (Phi) is 4.17. The number of nitrogens with zero attached hydrogens (tertiary/aromatic N) is 2. The highest BCUT2D eigenvalue weighted by Crippen LogP contribution is 2.38. The number of phenols is 1. The van der Waals surface area contributed by atoms with Crippen LogP contribution in [-0.4, -0.2) is 15.3 Å². The Morgan fingerprint density at radius 3 is 2.48 bits per heavy atom. The number of hydrogen-bond acceptors (Lipinski definition) is 6. The fourth-order valence-electron chi connectivity index (χ4n) is 1.68. The summed E-state index contributed by atoms with van der Waals surface area (Å²) in [7, 11) is 2.95. The molecular formula is C15H12N2O2S2. The van der Waals surface area contributed by atoms with Crippen LogP contribution in [0.15, 0.2) is 63.1 Å². The molecule has 0 aliphatic rings. The molecule has 0 fully saturated rings. The average Bonchev–Trinajstić information content (AvgIpc) is 2.96. The molecule has 0 aliphatic heterocycles. The van der Waals surface area contributed by atoms with Gasteiger partial charge in [0.1, 0.15) is 5.75 Å². The van der Waals surface area contributed by atoms with Gasteiger partial charge in [0.25, 0.3) is 11.1 Å². The van der Waals surface area contributed by atoms with E-state index in [1.807, 2.05) is 18.2 Å². The zero-order valence-electron chi connectivity index (χ0n) is 11.2. The molecule has 1 heterocycles. The summed E-state index contributed by atoms with van der Waals surface area (Å²) in [4.78, 5) is 1.12. The van der Waals surface area contributed by atoms with Crippen molar-refractivity contribution < 1.29 is 9.52 Å². The van der Waals surface area contributed by atoms with E-state index in [4.69, 9.17) is 4.42 Å². The van der Waals surface area contributed by atoms with Crippen molar-refractivity contribution in [1.82, 2.24) is 10.2 Å². The smallest absolute Gasteiger partial charge is 0.288 e. The van der Waals surface area contributed by atoms with Crippen molar-refractivity contribution >= 4 is 21.6 Å². The van der Waals surface area contributed by atoms with E-state index in [9.17, 15) is 5.11 Å². The quantitative estimate of drug-likeness (QED) is 0.713. The number of benzene rings is 2. The number of para-hydroxylation sites is 1. The van der Waals surface area contributed by atoms with E-state index >= 15 is 0 Å². The first-order chi connectivity index (χ1) is 10.2. The molecule has 0 bridgehead atoms. The Bertz CT molecular complexity index is 741. The van der Waals surface area contributed by atoms with Crippen molar-refractivity contribution in [1.29, 1.82) is 0 Å². The maximum absolute atomic E-state index is 9.77. The van der Waals surface area contributed by atoms with E-state index in [1.54, 1.807) is 29.0 Å². The first-order valence-electron chi connectivity index (χ1n) is 6.25. The lowest BCUT2D eigenvalue weighted by Gasteiger charge is -1.98. The van der Waals surface area contributed by atoms with Gasteiger partial charge in [-0.2, -0.15) is 0 Å². The predicted molar refractivity (Wildman–Crippen MR) is 84.3 cm³/mol. The number of aromatic hydroxyl groups is 1.